The molecule has 3 aromatic rings. The molecule has 28 heavy (non-hydrogen) atoms. The first-order chi connectivity index (χ1) is 13.4. The first kappa shape index (κ1) is 18.3. The van der Waals surface area contributed by atoms with Gasteiger partial charge < -0.3 is 5.11 Å². The van der Waals surface area contributed by atoms with E-state index >= 15 is 0 Å². The van der Waals surface area contributed by atoms with Crippen LogP contribution < -0.4 is 5.32 Å². The number of benzene rings is 1. The van der Waals surface area contributed by atoms with Gasteiger partial charge in [0.05, 0.1) is 5.69 Å². The molecule has 2 N–H and O–H groups in total. The fourth-order valence-corrected chi connectivity index (χ4v) is 3.35. The molecule has 1 saturated heterocycles. The first-order valence-corrected chi connectivity index (χ1v) is 8.95. The van der Waals surface area contributed by atoms with Crippen molar-refractivity contribution in [1.82, 2.24) is 19.5 Å². The average molecular weight is 387 g/mol. The number of hydrogen-bond donors (Lipinski definition) is 2. The Hall–Kier alpha value is -3.07. The molecule has 0 unspecified atom stereocenters. The number of hydrogen-bond acceptors (Lipinski definition) is 4. The van der Waals surface area contributed by atoms with Crippen LogP contribution in [-0.2, 0) is 6.54 Å². The van der Waals surface area contributed by atoms with Gasteiger partial charge in [-0.3, -0.25) is 10.2 Å². The Morgan fingerprint density at radius 2 is 1.86 bits per heavy atom. The minimum atomic E-state index is -2.54. The molecule has 9 heteroatoms. The zero-order chi connectivity index (χ0) is 19.7. The molecule has 1 aromatic carbocycles. The lowest BCUT2D eigenvalue weighted by molar-refractivity contribution is -0.0566. The van der Waals surface area contributed by atoms with Crippen LogP contribution in [0.15, 0.2) is 42.5 Å². The minimum Gasteiger partial charge on any atom is -0.465 e. The zero-order valence-corrected chi connectivity index (χ0v) is 15.0. The number of anilines is 1. The van der Waals surface area contributed by atoms with E-state index in [-0.39, 0.29) is 18.8 Å². The normalized spacial score (nSPS) is 16.9. The summed E-state index contributed by atoms with van der Waals surface area (Å²) in [5.41, 5.74) is 3.24. The lowest BCUT2D eigenvalue weighted by Gasteiger charge is -2.31. The summed E-state index contributed by atoms with van der Waals surface area (Å²) in [7, 11) is 0. The van der Waals surface area contributed by atoms with E-state index in [1.807, 2.05) is 41.3 Å². The lowest BCUT2D eigenvalue weighted by Crippen LogP contribution is -2.38. The van der Waals surface area contributed by atoms with Crippen LogP contribution in [0.25, 0.3) is 16.9 Å². The van der Waals surface area contributed by atoms with Gasteiger partial charge >= 0.3 is 6.09 Å². The standard InChI is InChI=1S/C19H19F2N5O2/c20-19(21)8-10-25(11-9-19)12-13-4-6-14(7-5-13)15-2-1-3-16-22-17(23-18(27)28)24-26(15)16/h1-7H,8-12H2,(H,23,24)(H,27,28). The molecule has 0 aliphatic carbocycles. The number of piperidine rings is 1. The van der Waals surface area contributed by atoms with Gasteiger partial charge in [0, 0.05) is 38.0 Å². The van der Waals surface area contributed by atoms with Crippen LogP contribution in [0.4, 0.5) is 19.5 Å². The summed E-state index contributed by atoms with van der Waals surface area (Å²) in [6.07, 6.45) is -1.41. The summed E-state index contributed by atoms with van der Waals surface area (Å²) < 4.78 is 28.1. The maximum atomic E-state index is 13.3. The van der Waals surface area contributed by atoms with Gasteiger partial charge in [0.15, 0.2) is 5.65 Å². The second-order valence-electron chi connectivity index (χ2n) is 6.88. The zero-order valence-electron chi connectivity index (χ0n) is 15.0. The maximum absolute atomic E-state index is 13.3. The largest absolute Gasteiger partial charge is 0.465 e. The van der Waals surface area contributed by atoms with Crippen molar-refractivity contribution >= 4 is 17.7 Å². The fraction of sp³-hybridized carbons (Fsp3) is 0.316. The molecule has 1 aliphatic rings. The van der Waals surface area contributed by atoms with E-state index in [1.54, 1.807) is 10.6 Å². The molecule has 0 spiro atoms. The molecule has 3 heterocycles. The van der Waals surface area contributed by atoms with Gasteiger partial charge in [0.25, 0.3) is 11.9 Å². The molecule has 146 valence electrons. The summed E-state index contributed by atoms with van der Waals surface area (Å²) >= 11 is 0. The highest BCUT2D eigenvalue weighted by atomic mass is 19.3. The highest BCUT2D eigenvalue weighted by Gasteiger charge is 2.33. The lowest BCUT2D eigenvalue weighted by atomic mass is 10.0. The van der Waals surface area contributed by atoms with E-state index in [2.05, 4.69) is 15.4 Å². The van der Waals surface area contributed by atoms with E-state index < -0.39 is 12.0 Å². The first-order valence-electron chi connectivity index (χ1n) is 8.95. The molecule has 0 bridgehead atoms. The molecule has 0 atom stereocenters. The van der Waals surface area contributed by atoms with Crippen LogP contribution in [0.5, 0.6) is 0 Å². The van der Waals surface area contributed by atoms with Gasteiger partial charge in [0.2, 0.25) is 0 Å². The van der Waals surface area contributed by atoms with E-state index in [1.165, 1.54) is 0 Å². The number of fused-ring (bicyclic) bond motifs is 1. The number of pyridine rings is 1. The van der Waals surface area contributed by atoms with Crippen LogP contribution in [0, 0.1) is 0 Å². The summed E-state index contributed by atoms with van der Waals surface area (Å²) in [6, 6.07) is 13.2. The van der Waals surface area contributed by atoms with Crippen molar-refractivity contribution in [3.63, 3.8) is 0 Å². The Morgan fingerprint density at radius 3 is 2.54 bits per heavy atom. The number of likely N-dealkylation sites (tertiary alicyclic amines) is 1. The van der Waals surface area contributed by atoms with Crippen molar-refractivity contribution in [3.05, 3.63) is 48.0 Å². The van der Waals surface area contributed by atoms with E-state index in [0.717, 1.165) is 16.8 Å². The predicted octanol–water partition coefficient (Wildman–Crippen LogP) is 3.72. The number of carbonyl (C=O) groups is 1. The molecule has 2 aromatic heterocycles. The number of nitrogens with one attached hydrogen (secondary N) is 1. The summed E-state index contributed by atoms with van der Waals surface area (Å²) in [6.45, 7) is 1.43. The Balaban J connectivity index is 1.52. The van der Waals surface area contributed by atoms with E-state index in [0.29, 0.717) is 25.3 Å². The molecule has 0 radical (unpaired) electrons. The molecule has 1 aliphatic heterocycles. The van der Waals surface area contributed by atoms with Crippen LogP contribution in [0.3, 0.4) is 0 Å². The third kappa shape index (κ3) is 3.94. The van der Waals surface area contributed by atoms with Crippen LogP contribution >= 0.6 is 0 Å². The summed E-state index contributed by atoms with van der Waals surface area (Å²) in [4.78, 5) is 17.0. The van der Waals surface area contributed by atoms with Crippen LogP contribution in [0.1, 0.15) is 18.4 Å². The second-order valence-corrected chi connectivity index (χ2v) is 6.88. The summed E-state index contributed by atoms with van der Waals surface area (Å²) in [5, 5.41) is 15.2. The third-order valence-corrected chi connectivity index (χ3v) is 4.82. The van der Waals surface area contributed by atoms with Gasteiger partial charge in [0.1, 0.15) is 0 Å². The number of carboxylic acid groups (broad SMARTS) is 1. The molecule has 7 nitrogen and oxygen atoms in total. The molecule has 1 amide bonds. The van der Waals surface area contributed by atoms with Crippen molar-refractivity contribution in [2.24, 2.45) is 0 Å². The highest BCUT2D eigenvalue weighted by Crippen LogP contribution is 2.28. The Kier molecular flexibility index (Phi) is 4.68. The van der Waals surface area contributed by atoms with Crippen LogP contribution in [-0.4, -0.2) is 49.7 Å². The van der Waals surface area contributed by atoms with E-state index in [4.69, 9.17) is 5.11 Å². The molecule has 1 fully saturated rings. The van der Waals surface area contributed by atoms with Crippen molar-refractivity contribution < 1.29 is 18.7 Å². The molecule has 0 saturated carbocycles. The van der Waals surface area contributed by atoms with Gasteiger partial charge in [-0.2, -0.15) is 4.98 Å². The van der Waals surface area contributed by atoms with Crippen LogP contribution in [0.2, 0.25) is 0 Å². The Bertz CT molecular complexity index is 993. The summed E-state index contributed by atoms with van der Waals surface area (Å²) in [5.74, 6) is -2.52. The molecule has 4 rings (SSSR count). The molecular weight excluding hydrogens is 368 g/mol. The quantitative estimate of drug-likeness (QED) is 0.713. The van der Waals surface area contributed by atoms with Gasteiger partial charge in [-0.05, 0) is 17.7 Å². The number of alkyl halides is 2. The van der Waals surface area contributed by atoms with Gasteiger partial charge in [-0.1, -0.05) is 30.3 Å². The maximum Gasteiger partial charge on any atom is 0.411 e. The van der Waals surface area contributed by atoms with Crippen molar-refractivity contribution in [1.29, 1.82) is 0 Å². The van der Waals surface area contributed by atoms with Crippen molar-refractivity contribution in [3.8, 4) is 11.3 Å². The monoisotopic (exact) mass is 387 g/mol. The van der Waals surface area contributed by atoms with Gasteiger partial charge in [-0.25, -0.2) is 18.1 Å². The topological polar surface area (TPSA) is 82.8 Å². The fourth-order valence-electron chi connectivity index (χ4n) is 3.35. The number of nitrogens with zero attached hydrogens (tertiary/aromatic N) is 4. The number of halogens is 2. The Labute approximate surface area is 159 Å². The Morgan fingerprint density at radius 1 is 1.14 bits per heavy atom. The SMILES string of the molecule is O=C(O)Nc1nc2cccc(-c3ccc(CN4CCC(F)(F)CC4)cc3)n2n1. The average Bonchev–Trinajstić information content (AvgIpc) is 3.06. The number of rotatable bonds is 4. The third-order valence-electron chi connectivity index (χ3n) is 4.82. The second kappa shape index (κ2) is 7.16. The highest BCUT2D eigenvalue weighted by molar-refractivity contribution is 5.80. The minimum absolute atomic E-state index is 0.0125. The number of amides is 1. The molecular formula is C19H19F2N5O2. The van der Waals surface area contributed by atoms with E-state index in [9.17, 15) is 13.6 Å². The van der Waals surface area contributed by atoms with Crippen molar-refractivity contribution in [2.75, 3.05) is 18.4 Å². The predicted molar refractivity (Wildman–Crippen MR) is 99.5 cm³/mol. The van der Waals surface area contributed by atoms with Crippen molar-refractivity contribution in [2.45, 2.75) is 25.3 Å². The number of aromatic nitrogens is 3. The van der Waals surface area contributed by atoms with Gasteiger partial charge in [-0.15, -0.1) is 5.10 Å². The smallest absolute Gasteiger partial charge is 0.411 e.